The van der Waals surface area contributed by atoms with Gasteiger partial charge in [-0.15, -0.1) is 0 Å². The number of aliphatic hydroxyl groups excluding tert-OH is 1. The number of benzene rings is 1. The van der Waals surface area contributed by atoms with Gasteiger partial charge in [-0.1, -0.05) is 17.3 Å². The molecule has 1 aliphatic heterocycles. The number of aliphatic hydroxyl groups is 1. The zero-order valence-electron chi connectivity index (χ0n) is 13.3. The summed E-state index contributed by atoms with van der Waals surface area (Å²) in [4.78, 5) is 14.0. The third kappa shape index (κ3) is 3.63. The standard InChI is InChI=1S/C17H19FN2O4/c1-11(23-10-12-2-4-14(18)5-3-12)17(22)20-7-13(8-20)16-6-15(9-21)24-19-16/h2-6,11,13,21H,7-10H2,1H3. The molecule has 0 spiro atoms. The molecule has 0 saturated carbocycles. The van der Waals surface area contributed by atoms with Gasteiger partial charge in [0.25, 0.3) is 5.91 Å². The van der Waals surface area contributed by atoms with E-state index in [4.69, 9.17) is 14.4 Å². The molecule has 1 fully saturated rings. The Labute approximate surface area is 138 Å². The fourth-order valence-electron chi connectivity index (χ4n) is 2.57. The van der Waals surface area contributed by atoms with Gasteiger partial charge >= 0.3 is 0 Å². The maximum absolute atomic E-state index is 12.8. The minimum atomic E-state index is -0.568. The van der Waals surface area contributed by atoms with Gasteiger partial charge in [-0.3, -0.25) is 4.79 Å². The van der Waals surface area contributed by atoms with Crippen LogP contribution < -0.4 is 0 Å². The summed E-state index contributed by atoms with van der Waals surface area (Å²) in [5, 5.41) is 12.9. The fourth-order valence-corrected chi connectivity index (χ4v) is 2.57. The van der Waals surface area contributed by atoms with Gasteiger partial charge in [0, 0.05) is 25.1 Å². The van der Waals surface area contributed by atoms with Crippen LogP contribution in [0.1, 0.15) is 29.9 Å². The second kappa shape index (κ2) is 7.11. The number of nitrogens with zero attached hydrogens (tertiary/aromatic N) is 2. The Bertz CT molecular complexity index is 695. The molecule has 1 amide bonds. The number of halogens is 1. The Kier molecular flexibility index (Phi) is 4.92. The molecule has 7 heteroatoms. The van der Waals surface area contributed by atoms with Gasteiger partial charge < -0.3 is 19.3 Å². The largest absolute Gasteiger partial charge is 0.388 e. The van der Waals surface area contributed by atoms with Gasteiger partial charge in [-0.05, 0) is 24.6 Å². The first-order valence-electron chi connectivity index (χ1n) is 7.78. The number of rotatable bonds is 6. The Balaban J connectivity index is 1.46. The lowest BCUT2D eigenvalue weighted by Crippen LogP contribution is -2.52. The quantitative estimate of drug-likeness (QED) is 0.872. The molecule has 24 heavy (non-hydrogen) atoms. The predicted octanol–water partition coefficient (Wildman–Crippen LogP) is 1.84. The van der Waals surface area contributed by atoms with E-state index in [2.05, 4.69) is 5.16 Å². The van der Waals surface area contributed by atoms with E-state index in [-0.39, 0.29) is 30.9 Å². The molecule has 6 nitrogen and oxygen atoms in total. The van der Waals surface area contributed by atoms with Crippen molar-refractivity contribution in [2.75, 3.05) is 13.1 Å². The average molecular weight is 334 g/mol. The summed E-state index contributed by atoms with van der Waals surface area (Å²) in [7, 11) is 0. The first-order valence-corrected chi connectivity index (χ1v) is 7.78. The van der Waals surface area contributed by atoms with Crippen molar-refractivity contribution in [3.63, 3.8) is 0 Å². The topological polar surface area (TPSA) is 75.8 Å². The van der Waals surface area contributed by atoms with E-state index in [1.807, 2.05) is 0 Å². The molecule has 1 aromatic carbocycles. The number of likely N-dealkylation sites (tertiary alicyclic amines) is 1. The van der Waals surface area contributed by atoms with Crippen molar-refractivity contribution in [2.45, 2.75) is 32.2 Å². The molecule has 0 radical (unpaired) electrons. The molecule has 0 aliphatic carbocycles. The third-order valence-corrected chi connectivity index (χ3v) is 4.11. The highest BCUT2D eigenvalue weighted by Gasteiger charge is 2.35. The van der Waals surface area contributed by atoms with Gasteiger partial charge in [0.05, 0.1) is 12.3 Å². The first-order chi connectivity index (χ1) is 11.6. The maximum Gasteiger partial charge on any atom is 0.251 e. The van der Waals surface area contributed by atoms with Crippen molar-refractivity contribution in [2.24, 2.45) is 0 Å². The van der Waals surface area contributed by atoms with Crippen molar-refractivity contribution in [1.82, 2.24) is 10.1 Å². The van der Waals surface area contributed by atoms with Gasteiger partial charge in [0.1, 0.15) is 18.5 Å². The van der Waals surface area contributed by atoms with Crippen molar-refractivity contribution in [3.8, 4) is 0 Å². The van der Waals surface area contributed by atoms with Crippen molar-refractivity contribution in [3.05, 3.63) is 53.2 Å². The summed E-state index contributed by atoms with van der Waals surface area (Å²) in [6.45, 7) is 2.89. The molecule has 1 atom stereocenters. The first kappa shape index (κ1) is 16.6. The van der Waals surface area contributed by atoms with E-state index in [9.17, 15) is 9.18 Å². The summed E-state index contributed by atoms with van der Waals surface area (Å²) in [6.07, 6.45) is -0.568. The minimum absolute atomic E-state index is 0.0840. The lowest BCUT2D eigenvalue weighted by molar-refractivity contribution is -0.148. The summed E-state index contributed by atoms with van der Waals surface area (Å²) in [6, 6.07) is 7.71. The Hall–Kier alpha value is -2.25. The summed E-state index contributed by atoms with van der Waals surface area (Å²) >= 11 is 0. The van der Waals surface area contributed by atoms with Crippen LogP contribution >= 0.6 is 0 Å². The Morgan fingerprint density at radius 2 is 2.17 bits per heavy atom. The van der Waals surface area contributed by atoms with E-state index in [0.29, 0.717) is 18.8 Å². The van der Waals surface area contributed by atoms with Crippen LogP contribution in [0.15, 0.2) is 34.9 Å². The van der Waals surface area contributed by atoms with Crippen molar-refractivity contribution < 1.29 is 23.6 Å². The zero-order valence-corrected chi connectivity index (χ0v) is 13.3. The van der Waals surface area contributed by atoms with E-state index in [1.165, 1.54) is 12.1 Å². The SMILES string of the molecule is CC(OCc1ccc(F)cc1)C(=O)N1CC(c2cc(CO)on2)C1. The summed E-state index contributed by atoms with van der Waals surface area (Å²) < 4.78 is 23.4. The number of carbonyl (C=O) groups is 1. The Morgan fingerprint density at radius 3 is 2.79 bits per heavy atom. The summed E-state index contributed by atoms with van der Waals surface area (Å²) in [5.74, 6) is 0.166. The molecule has 1 unspecified atom stereocenters. The van der Waals surface area contributed by atoms with Gasteiger partial charge in [-0.2, -0.15) is 0 Å². The molecule has 3 rings (SSSR count). The molecule has 1 aromatic heterocycles. The van der Waals surface area contributed by atoms with Gasteiger partial charge in [0.15, 0.2) is 5.76 Å². The van der Waals surface area contributed by atoms with Crippen LogP contribution in [0.4, 0.5) is 4.39 Å². The molecular weight excluding hydrogens is 315 g/mol. The molecule has 2 aromatic rings. The molecule has 1 saturated heterocycles. The van der Waals surface area contributed by atoms with Crippen molar-refractivity contribution >= 4 is 5.91 Å². The highest BCUT2D eigenvalue weighted by molar-refractivity contribution is 5.81. The number of aromatic nitrogens is 1. The van der Waals surface area contributed by atoms with E-state index in [1.54, 1.807) is 30.0 Å². The van der Waals surface area contributed by atoms with Crippen LogP contribution in [0.25, 0.3) is 0 Å². The van der Waals surface area contributed by atoms with Crippen LogP contribution in [-0.2, 0) is 22.7 Å². The lowest BCUT2D eigenvalue weighted by Gasteiger charge is -2.39. The monoisotopic (exact) mass is 334 g/mol. The van der Waals surface area contributed by atoms with Crippen molar-refractivity contribution in [1.29, 1.82) is 0 Å². The van der Waals surface area contributed by atoms with E-state index < -0.39 is 6.10 Å². The van der Waals surface area contributed by atoms with Crippen LogP contribution in [0.2, 0.25) is 0 Å². The minimum Gasteiger partial charge on any atom is -0.388 e. The number of ether oxygens (including phenoxy) is 1. The third-order valence-electron chi connectivity index (χ3n) is 4.11. The lowest BCUT2D eigenvalue weighted by atomic mass is 9.95. The van der Waals surface area contributed by atoms with Crippen LogP contribution in [0.5, 0.6) is 0 Å². The number of amides is 1. The predicted molar refractivity (Wildman–Crippen MR) is 82.4 cm³/mol. The van der Waals surface area contributed by atoms with E-state index >= 15 is 0 Å². The number of hydrogen-bond acceptors (Lipinski definition) is 5. The second-order valence-corrected chi connectivity index (χ2v) is 5.90. The molecular formula is C17H19FN2O4. The molecule has 1 aliphatic rings. The fraction of sp³-hybridized carbons (Fsp3) is 0.412. The molecule has 2 heterocycles. The van der Waals surface area contributed by atoms with Crippen LogP contribution in [0.3, 0.4) is 0 Å². The summed E-state index contributed by atoms with van der Waals surface area (Å²) in [5.41, 5.74) is 1.57. The average Bonchev–Trinajstić information content (AvgIpc) is 3.01. The highest BCUT2D eigenvalue weighted by Crippen LogP contribution is 2.27. The van der Waals surface area contributed by atoms with Crippen LogP contribution in [0, 0.1) is 5.82 Å². The van der Waals surface area contributed by atoms with Crippen LogP contribution in [-0.4, -0.2) is 40.3 Å². The normalized spacial score (nSPS) is 16.0. The van der Waals surface area contributed by atoms with E-state index in [0.717, 1.165) is 11.3 Å². The van der Waals surface area contributed by atoms with Gasteiger partial charge in [-0.25, -0.2) is 4.39 Å². The Morgan fingerprint density at radius 1 is 1.46 bits per heavy atom. The molecule has 128 valence electrons. The highest BCUT2D eigenvalue weighted by atomic mass is 19.1. The smallest absolute Gasteiger partial charge is 0.251 e. The maximum atomic E-state index is 12.8. The zero-order chi connectivity index (χ0) is 17.1. The molecule has 0 bridgehead atoms. The number of hydrogen-bond donors (Lipinski definition) is 1. The molecule has 1 N–H and O–H groups in total. The van der Waals surface area contributed by atoms with Gasteiger partial charge in [0.2, 0.25) is 0 Å². The second-order valence-electron chi connectivity index (χ2n) is 5.90. The number of carbonyl (C=O) groups excluding carboxylic acids is 1.